The molecule has 1 aromatic heterocycles. The second-order valence-electron chi connectivity index (χ2n) is 4.67. The molecule has 20 heavy (non-hydrogen) atoms. The van der Waals surface area contributed by atoms with Crippen molar-refractivity contribution in [2.24, 2.45) is 0 Å². The Morgan fingerprint density at radius 2 is 1.95 bits per heavy atom. The van der Waals surface area contributed by atoms with E-state index in [4.69, 9.17) is 0 Å². The fraction of sp³-hybridized carbons (Fsp3) is 0.357. The van der Waals surface area contributed by atoms with Gasteiger partial charge in [0.05, 0.1) is 0 Å². The van der Waals surface area contributed by atoms with Gasteiger partial charge in [0.15, 0.2) is 5.82 Å². The first-order valence-electron chi connectivity index (χ1n) is 6.45. The molecule has 0 aliphatic rings. The minimum absolute atomic E-state index is 0.265. The summed E-state index contributed by atoms with van der Waals surface area (Å²) in [5, 5.41) is 3.06. The minimum Gasteiger partial charge on any atom is -0.354 e. The van der Waals surface area contributed by atoms with Crippen LogP contribution in [0.3, 0.4) is 0 Å². The van der Waals surface area contributed by atoms with Gasteiger partial charge in [0.2, 0.25) is 11.9 Å². The topological polar surface area (TPSA) is 53.9 Å². The van der Waals surface area contributed by atoms with Crippen molar-refractivity contribution in [2.75, 3.05) is 30.9 Å². The first-order valence-corrected chi connectivity index (χ1v) is 6.45. The zero-order chi connectivity index (χ0) is 14.7. The molecule has 6 heteroatoms. The average molecular weight is 275 g/mol. The molecule has 0 radical (unpaired) electrons. The molecule has 0 saturated carbocycles. The van der Waals surface area contributed by atoms with E-state index in [0.29, 0.717) is 35.4 Å². The van der Waals surface area contributed by atoms with E-state index in [1.807, 2.05) is 27.1 Å². The van der Waals surface area contributed by atoms with Crippen LogP contribution in [0.1, 0.15) is 12.5 Å². The summed E-state index contributed by atoms with van der Waals surface area (Å²) in [7, 11) is 3.70. The van der Waals surface area contributed by atoms with Crippen LogP contribution >= 0.6 is 0 Å². The van der Waals surface area contributed by atoms with E-state index in [1.165, 1.54) is 6.07 Å². The van der Waals surface area contributed by atoms with Crippen LogP contribution in [-0.4, -0.2) is 35.6 Å². The predicted octanol–water partition coefficient (Wildman–Crippen LogP) is 2.48. The van der Waals surface area contributed by atoms with Crippen LogP contribution in [0.2, 0.25) is 0 Å². The Morgan fingerprint density at radius 3 is 2.55 bits per heavy atom. The Morgan fingerprint density at radius 1 is 1.20 bits per heavy atom. The maximum atomic E-state index is 13.7. The average Bonchev–Trinajstić information content (AvgIpc) is 2.42. The van der Waals surface area contributed by atoms with Gasteiger partial charge in [0.25, 0.3) is 0 Å². The largest absolute Gasteiger partial charge is 0.354 e. The van der Waals surface area contributed by atoms with Crippen molar-refractivity contribution in [3.63, 3.8) is 0 Å². The molecule has 1 heterocycles. The number of aromatic nitrogens is 3. The Labute approximate surface area is 117 Å². The molecule has 0 saturated heterocycles. The lowest BCUT2D eigenvalue weighted by Gasteiger charge is -2.13. The summed E-state index contributed by atoms with van der Waals surface area (Å²) in [6.45, 7) is 4.39. The molecule has 0 spiro atoms. The second kappa shape index (κ2) is 5.81. The third-order valence-corrected chi connectivity index (χ3v) is 2.79. The van der Waals surface area contributed by atoms with Crippen LogP contribution in [0.5, 0.6) is 0 Å². The molecular formula is C14H18FN5. The lowest BCUT2D eigenvalue weighted by molar-refractivity contribution is 0.619. The molecule has 1 aromatic carbocycles. The smallest absolute Gasteiger partial charge is 0.230 e. The summed E-state index contributed by atoms with van der Waals surface area (Å²) in [5.41, 5.74) is 1.24. The number of halogens is 1. The first-order chi connectivity index (χ1) is 9.51. The zero-order valence-corrected chi connectivity index (χ0v) is 12.1. The molecule has 0 aliphatic carbocycles. The minimum atomic E-state index is -0.265. The van der Waals surface area contributed by atoms with Crippen molar-refractivity contribution in [3.05, 3.63) is 29.6 Å². The number of nitrogens with one attached hydrogen (secondary N) is 1. The highest BCUT2D eigenvalue weighted by Crippen LogP contribution is 2.21. The summed E-state index contributed by atoms with van der Waals surface area (Å²) in [6, 6.07) is 4.97. The Hall–Kier alpha value is -2.24. The summed E-state index contributed by atoms with van der Waals surface area (Å²) in [6.07, 6.45) is 0. The third-order valence-electron chi connectivity index (χ3n) is 2.79. The van der Waals surface area contributed by atoms with E-state index >= 15 is 0 Å². The number of hydrogen-bond donors (Lipinski definition) is 1. The number of rotatable bonds is 4. The molecular weight excluding hydrogens is 257 g/mol. The van der Waals surface area contributed by atoms with E-state index < -0.39 is 0 Å². The highest BCUT2D eigenvalue weighted by molar-refractivity contribution is 5.58. The Kier molecular flexibility index (Phi) is 4.12. The standard InChI is InChI=1S/C14H18FN5/c1-5-16-13-17-12(18-14(19-13)20(3)4)10-7-6-9(2)11(15)8-10/h6-8H,5H2,1-4H3,(H,16,17,18,19). The van der Waals surface area contributed by atoms with E-state index in [0.717, 1.165) is 0 Å². The normalized spacial score (nSPS) is 10.4. The lowest BCUT2D eigenvalue weighted by atomic mass is 10.1. The molecule has 0 unspecified atom stereocenters. The van der Waals surface area contributed by atoms with Crippen LogP contribution in [0, 0.1) is 12.7 Å². The molecule has 0 amide bonds. The molecule has 0 fully saturated rings. The van der Waals surface area contributed by atoms with Crippen molar-refractivity contribution >= 4 is 11.9 Å². The SMILES string of the molecule is CCNc1nc(-c2ccc(C)c(F)c2)nc(N(C)C)n1. The Balaban J connectivity index is 2.51. The van der Waals surface area contributed by atoms with Crippen molar-refractivity contribution in [1.82, 2.24) is 15.0 Å². The van der Waals surface area contributed by atoms with Crippen molar-refractivity contribution in [2.45, 2.75) is 13.8 Å². The van der Waals surface area contributed by atoms with E-state index in [-0.39, 0.29) is 5.82 Å². The van der Waals surface area contributed by atoms with Gasteiger partial charge in [-0.3, -0.25) is 0 Å². The van der Waals surface area contributed by atoms with Crippen LogP contribution in [0.4, 0.5) is 16.3 Å². The van der Waals surface area contributed by atoms with E-state index in [1.54, 1.807) is 17.9 Å². The van der Waals surface area contributed by atoms with Crippen LogP contribution < -0.4 is 10.2 Å². The monoisotopic (exact) mass is 275 g/mol. The third kappa shape index (κ3) is 3.01. The van der Waals surface area contributed by atoms with Gasteiger partial charge in [-0.05, 0) is 25.5 Å². The maximum Gasteiger partial charge on any atom is 0.230 e. The molecule has 0 bridgehead atoms. The van der Waals surface area contributed by atoms with Gasteiger partial charge in [0.1, 0.15) is 5.82 Å². The quantitative estimate of drug-likeness (QED) is 0.929. The Bertz CT molecular complexity index is 613. The molecule has 5 nitrogen and oxygen atoms in total. The van der Waals surface area contributed by atoms with Crippen molar-refractivity contribution in [3.8, 4) is 11.4 Å². The molecule has 2 rings (SSSR count). The van der Waals surface area contributed by atoms with Crippen molar-refractivity contribution < 1.29 is 4.39 Å². The first kappa shape index (κ1) is 14.2. The number of aryl methyl sites for hydroxylation is 1. The van der Waals surface area contributed by atoms with Crippen LogP contribution in [0.25, 0.3) is 11.4 Å². The van der Waals surface area contributed by atoms with Gasteiger partial charge in [-0.25, -0.2) is 4.39 Å². The lowest BCUT2D eigenvalue weighted by Crippen LogP contribution is -2.15. The fourth-order valence-corrected chi connectivity index (χ4v) is 1.66. The zero-order valence-electron chi connectivity index (χ0n) is 12.1. The van der Waals surface area contributed by atoms with Crippen LogP contribution in [-0.2, 0) is 0 Å². The number of hydrogen-bond acceptors (Lipinski definition) is 5. The molecule has 2 aromatic rings. The summed E-state index contributed by atoms with van der Waals surface area (Å²) in [5.74, 6) is 1.21. The summed E-state index contributed by atoms with van der Waals surface area (Å²) < 4.78 is 13.7. The van der Waals surface area contributed by atoms with Gasteiger partial charge in [-0.1, -0.05) is 12.1 Å². The summed E-state index contributed by atoms with van der Waals surface area (Å²) >= 11 is 0. The van der Waals surface area contributed by atoms with Gasteiger partial charge in [0, 0.05) is 26.2 Å². The van der Waals surface area contributed by atoms with Gasteiger partial charge < -0.3 is 10.2 Å². The molecule has 106 valence electrons. The molecule has 1 N–H and O–H groups in total. The molecule has 0 atom stereocenters. The molecule has 0 aliphatic heterocycles. The number of anilines is 2. The maximum absolute atomic E-state index is 13.7. The van der Waals surface area contributed by atoms with Crippen molar-refractivity contribution in [1.29, 1.82) is 0 Å². The van der Waals surface area contributed by atoms with Gasteiger partial charge in [-0.2, -0.15) is 15.0 Å². The highest BCUT2D eigenvalue weighted by atomic mass is 19.1. The fourth-order valence-electron chi connectivity index (χ4n) is 1.66. The highest BCUT2D eigenvalue weighted by Gasteiger charge is 2.11. The number of benzene rings is 1. The van der Waals surface area contributed by atoms with E-state index in [2.05, 4.69) is 20.3 Å². The van der Waals surface area contributed by atoms with E-state index in [9.17, 15) is 4.39 Å². The van der Waals surface area contributed by atoms with Gasteiger partial charge >= 0.3 is 0 Å². The van der Waals surface area contributed by atoms with Crippen LogP contribution in [0.15, 0.2) is 18.2 Å². The summed E-state index contributed by atoms with van der Waals surface area (Å²) in [4.78, 5) is 14.7. The second-order valence-corrected chi connectivity index (χ2v) is 4.67. The van der Waals surface area contributed by atoms with Gasteiger partial charge in [-0.15, -0.1) is 0 Å². The predicted molar refractivity (Wildman–Crippen MR) is 78.4 cm³/mol. The number of nitrogens with zero attached hydrogens (tertiary/aromatic N) is 4.